The van der Waals surface area contributed by atoms with Crippen LogP contribution in [0.2, 0.25) is 10.0 Å². The predicted octanol–water partition coefficient (Wildman–Crippen LogP) is 4.57. The first-order chi connectivity index (χ1) is 10.5. The lowest BCUT2D eigenvalue weighted by molar-refractivity contribution is 0.102. The quantitative estimate of drug-likeness (QED) is 0.887. The molecule has 0 aliphatic heterocycles. The van der Waals surface area contributed by atoms with Gasteiger partial charge in [0.05, 0.1) is 30.0 Å². The maximum absolute atomic E-state index is 12.4. The van der Waals surface area contributed by atoms with Crippen molar-refractivity contribution in [1.82, 2.24) is 0 Å². The molecule has 0 saturated heterocycles. The van der Waals surface area contributed by atoms with Crippen LogP contribution in [0.25, 0.3) is 0 Å². The molecule has 22 heavy (non-hydrogen) atoms. The van der Waals surface area contributed by atoms with E-state index >= 15 is 0 Å². The maximum Gasteiger partial charge on any atom is 0.255 e. The van der Waals surface area contributed by atoms with Gasteiger partial charge in [-0.15, -0.1) is 0 Å². The van der Waals surface area contributed by atoms with Gasteiger partial charge in [-0.2, -0.15) is 0 Å². The van der Waals surface area contributed by atoms with E-state index in [1.165, 1.54) is 19.2 Å². The average Bonchev–Trinajstić information content (AvgIpc) is 2.47. The molecule has 2 aromatic rings. The second-order valence-electron chi connectivity index (χ2n) is 4.63. The van der Waals surface area contributed by atoms with Crippen LogP contribution in [0.3, 0.4) is 0 Å². The molecule has 0 saturated carbocycles. The SMILES string of the molecule is COc1ccc(C)cc1NC(=O)c1cc(Cl)c(OC)c(Cl)c1. The lowest BCUT2D eigenvalue weighted by atomic mass is 10.1. The maximum atomic E-state index is 12.4. The summed E-state index contributed by atoms with van der Waals surface area (Å²) in [6.07, 6.45) is 0. The third kappa shape index (κ3) is 3.46. The second-order valence-corrected chi connectivity index (χ2v) is 5.45. The summed E-state index contributed by atoms with van der Waals surface area (Å²) in [5.41, 5.74) is 1.91. The van der Waals surface area contributed by atoms with Crippen molar-refractivity contribution in [2.24, 2.45) is 0 Å². The van der Waals surface area contributed by atoms with Gasteiger partial charge in [0.25, 0.3) is 5.91 Å². The number of amides is 1. The first-order valence-electron chi connectivity index (χ1n) is 6.45. The third-order valence-corrected chi connectivity index (χ3v) is 3.63. The van der Waals surface area contributed by atoms with Gasteiger partial charge in [-0.1, -0.05) is 29.3 Å². The molecule has 1 amide bonds. The molecular formula is C16H15Cl2NO3. The largest absolute Gasteiger partial charge is 0.495 e. The topological polar surface area (TPSA) is 47.6 Å². The van der Waals surface area contributed by atoms with Crippen molar-refractivity contribution in [3.63, 3.8) is 0 Å². The van der Waals surface area contributed by atoms with Gasteiger partial charge in [-0.3, -0.25) is 4.79 Å². The smallest absolute Gasteiger partial charge is 0.255 e. The number of carbonyl (C=O) groups is 1. The van der Waals surface area contributed by atoms with Crippen LogP contribution in [0.5, 0.6) is 11.5 Å². The summed E-state index contributed by atoms with van der Waals surface area (Å²) in [7, 11) is 3.01. The number of rotatable bonds is 4. The van der Waals surface area contributed by atoms with Crippen molar-refractivity contribution >= 4 is 34.8 Å². The molecular weight excluding hydrogens is 325 g/mol. The van der Waals surface area contributed by atoms with Gasteiger partial charge >= 0.3 is 0 Å². The van der Waals surface area contributed by atoms with Gasteiger partial charge in [-0.25, -0.2) is 0 Å². The van der Waals surface area contributed by atoms with E-state index < -0.39 is 0 Å². The molecule has 4 nitrogen and oxygen atoms in total. The number of nitrogens with one attached hydrogen (secondary N) is 1. The molecule has 0 fully saturated rings. The summed E-state index contributed by atoms with van der Waals surface area (Å²) in [6.45, 7) is 1.93. The molecule has 116 valence electrons. The number of carbonyl (C=O) groups excluding carboxylic acids is 1. The van der Waals surface area contributed by atoms with Gasteiger partial charge in [0.2, 0.25) is 0 Å². The Labute approximate surface area is 138 Å². The van der Waals surface area contributed by atoms with Crippen molar-refractivity contribution in [3.05, 3.63) is 51.5 Å². The van der Waals surface area contributed by atoms with Crippen LogP contribution in [0, 0.1) is 6.92 Å². The molecule has 0 aliphatic carbocycles. The number of methoxy groups -OCH3 is 2. The molecule has 2 aromatic carbocycles. The molecule has 0 radical (unpaired) electrons. The van der Waals surface area contributed by atoms with E-state index in [1.54, 1.807) is 13.2 Å². The minimum atomic E-state index is -0.338. The molecule has 6 heteroatoms. The standard InChI is InChI=1S/C16H15Cl2NO3/c1-9-4-5-14(21-2)13(6-9)19-16(20)10-7-11(17)15(22-3)12(18)8-10/h4-8H,1-3H3,(H,19,20). The molecule has 2 rings (SSSR count). The number of hydrogen-bond donors (Lipinski definition) is 1. The molecule has 0 heterocycles. The van der Waals surface area contributed by atoms with Crippen molar-refractivity contribution in [3.8, 4) is 11.5 Å². The highest BCUT2D eigenvalue weighted by Crippen LogP contribution is 2.34. The zero-order valence-electron chi connectivity index (χ0n) is 12.4. The zero-order valence-corrected chi connectivity index (χ0v) is 13.9. The Morgan fingerprint density at radius 3 is 2.23 bits per heavy atom. The number of benzene rings is 2. The highest BCUT2D eigenvalue weighted by Gasteiger charge is 2.15. The Hall–Kier alpha value is -1.91. The van der Waals surface area contributed by atoms with Crippen LogP contribution >= 0.6 is 23.2 Å². The van der Waals surface area contributed by atoms with Gasteiger partial charge in [0.15, 0.2) is 5.75 Å². The van der Waals surface area contributed by atoms with E-state index in [1.807, 2.05) is 19.1 Å². The van der Waals surface area contributed by atoms with Gasteiger partial charge in [-0.05, 0) is 36.8 Å². The highest BCUT2D eigenvalue weighted by atomic mass is 35.5. The third-order valence-electron chi connectivity index (χ3n) is 3.07. The Morgan fingerprint density at radius 1 is 1.05 bits per heavy atom. The lowest BCUT2D eigenvalue weighted by Crippen LogP contribution is -2.13. The van der Waals surface area contributed by atoms with Gasteiger partial charge < -0.3 is 14.8 Å². The highest BCUT2D eigenvalue weighted by molar-refractivity contribution is 6.37. The van der Waals surface area contributed by atoms with Crippen LogP contribution in [0.4, 0.5) is 5.69 Å². The monoisotopic (exact) mass is 339 g/mol. The predicted molar refractivity (Wildman–Crippen MR) is 88.7 cm³/mol. The zero-order chi connectivity index (χ0) is 16.3. The van der Waals surface area contributed by atoms with Crippen LogP contribution in [0.1, 0.15) is 15.9 Å². The second kappa shape index (κ2) is 6.90. The fourth-order valence-electron chi connectivity index (χ4n) is 2.00. The molecule has 0 aromatic heterocycles. The Kier molecular flexibility index (Phi) is 5.16. The molecule has 0 spiro atoms. The summed E-state index contributed by atoms with van der Waals surface area (Å²) >= 11 is 12.1. The van der Waals surface area contributed by atoms with Gasteiger partial charge in [0.1, 0.15) is 5.75 Å². The van der Waals surface area contributed by atoms with E-state index in [4.69, 9.17) is 32.7 Å². The summed E-state index contributed by atoms with van der Waals surface area (Å²) in [4.78, 5) is 12.4. The first kappa shape index (κ1) is 16.5. The fourth-order valence-corrected chi connectivity index (χ4v) is 2.64. The number of hydrogen-bond acceptors (Lipinski definition) is 3. The minimum Gasteiger partial charge on any atom is -0.495 e. The van der Waals surface area contributed by atoms with Crippen LogP contribution in [0.15, 0.2) is 30.3 Å². The molecule has 0 bridgehead atoms. The molecule has 0 unspecified atom stereocenters. The van der Waals surface area contributed by atoms with E-state index in [9.17, 15) is 4.79 Å². The molecule has 0 aliphatic rings. The number of halogens is 2. The van der Waals surface area contributed by atoms with E-state index in [0.29, 0.717) is 22.7 Å². The van der Waals surface area contributed by atoms with Gasteiger partial charge in [0, 0.05) is 5.56 Å². The van der Waals surface area contributed by atoms with E-state index in [2.05, 4.69) is 5.32 Å². The average molecular weight is 340 g/mol. The molecule has 1 N–H and O–H groups in total. The van der Waals surface area contributed by atoms with Crippen molar-refractivity contribution < 1.29 is 14.3 Å². The summed E-state index contributed by atoms with van der Waals surface area (Å²) in [6, 6.07) is 8.52. The number of aryl methyl sites for hydroxylation is 1. The minimum absolute atomic E-state index is 0.274. The summed E-state index contributed by atoms with van der Waals surface area (Å²) in [5.74, 6) is 0.577. The van der Waals surface area contributed by atoms with E-state index in [-0.39, 0.29) is 16.0 Å². The Bertz CT molecular complexity index is 694. The van der Waals surface area contributed by atoms with Crippen LogP contribution in [-0.2, 0) is 0 Å². The number of ether oxygens (including phenoxy) is 2. The normalized spacial score (nSPS) is 10.2. The number of anilines is 1. The van der Waals surface area contributed by atoms with Crippen LogP contribution < -0.4 is 14.8 Å². The van der Waals surface area contributed by atoms with Crippen LogP contribution in [-0.4, -0.2) is 20.1 Å². The lowest BCUT2D eigenvalue weighted by Gasteiger charge is -2.12. The molecule has 0 atom stereocenters. The van der Waals surface area contributed by atoms with Crippen molar-refractivity contribution in [2.75, 3.05) is 19.5 Å². The summed E-state index contributed by atoms with van der Waals surface area (Å²) < 4.78 is 10.3. The van der Waals surface area contributed by atoms with Crippen molar-refractivity contribution in [2.45, 2.75) is 6.92 Å². The fraction of sp³-hybridized carbons (Fsp3) is 0.188. The summed E-state index contributed by atoms with van der Waals surface area (Å²) in [5, 5.41) is 3.34. The Morgan fingerprint density at radius 2 is 1.68 bits per heavy atom. The first-order valence-corrected chi connectivity index (χ1v) is 7.21. The Balaban J connectivity index is 2.32. The van der Waals surface area contributed by atoms with Crippen molar-refractivity contribution in [1.29, 1.82) is 0 Å². The van der Waals surface area contributed by atoms with E-state index in [0.717, 1.165) is 5.56 Å².